The fourth-order valence-electron chi connectivity index (χ4n) is 1.29. The quantitative estimate of drug-likeness (QED) is 0.845. The molecule has 18 heavy (non-hydrogen) atoms. The van der Waals surface area contributed by atoms with Crippen LogP contribution in [0.2, 0.25) is 0 Å². The SMILES string of the molecule is CC(Nc1cc(F)ccc1F)C(=O)OC(C)(C)C. The maximum Gasteiger partial charge on any atom is 0.328 e. The van der Waals surface area contributed by atoms with Gasteiger partial charge < -0.3 is 10.1 Å². The third-order valence-electron chi connectivity index (χ3n) is 2.06. The molecule has 1 unspecified atom stereocenters. The van der Waals surface area contributed by atoms with Gasteiger partial charge in [-0.25, -0.2) is 13.6 Å². The molecule has 1 aromatic rings. The molecule has 0 radical (unpaired) electrons. The van der Waals surface area contributed by atoms with E-state index in [0.29, 0.717) is 0 Å². The molecular formula is C13H17F2NO2. The highest BCUT2D eigenvalue weighted by atomic mass is 19.1. The number of hydrogen-bond acceptors (Lipinski definition) is 3. The van der Waals surface area contributed by atoms with Crippen LogP contribution in [0.5, 0.6) is 0 Å². The molecule has 0 fully saturated rings. The number of benzene rings is 1. The van der Waals surface area contributed by atoms with Gasteiger partial charge in [0.2, 0.25) is 0 Å². The van der Waals surface area contributed by atoms with Crippen molar-refractivity contribution in [2.24, 2.45) is 0 Å². The fraction of sp³-hybridized carbons (Fsp3) is 0.462. The molecule has 1 N–H and O–H groups in total. The van der Waals surface area contributed by atoms with Crippen LogP contribution in [0.4, 0.5) is 14.5 Å². The van der Waals surface area contributed by atoms with Crippen molar-refractivity contribution in [2.75, 3.05) is 5.32 Å². The topological polar surface area (TPSA) is 38.3 Å². The van der Waals surface area contributed by atoms with Crippen LogP contribution in [-0.2, 0) is 9.53 Å². The van der Waals surface area contributed by atoms with E-state index in [1.54, 1.807) is 20.8 Å². The number of esters is 1. The minimum atomic E-state index is -0.763. The fourth-order valence-corrected chi connectivity index (χ4v) is 1.29. The third kappa shape index (κ3) is 4.31. The Morgan fingerprint density at radius 2 is 1.94 bits per heavy atom. The number of nitrogens with one attached hydrogen (secondary N) is 1. The average molecular weight is 257 g/mol. The zero-order valence-electron chi connectivity index (χ0n) is 10.9. The van der Waals surface area contributed by atoms with Crippen molar-refractivity contribution in [1.29, 1.82) is 0 Å². The zero-order valence-corrected chi connectivity index (χ0v) is 10.9. The number of hydrogen-bond donors (Lipinski definition) is 1. The summed E-state index contributed by atoms with van der Waals surface area (Å²) in [6.07, 6.45) is 0. The lowest BCUT2D eigenvalue weighted by Gasteiger charge is -2.23. The van der Waals surface area contributed by atoms with E-state index in [1.807, 2.05) is 0 Å². The van der Waals surface area contributed by atoms with Gasteiger partial charge >= 0.3 is 5.97 Å². The smallest absolute Gasteiger partial charge is 0.328 e. The van der Waals surface area contributed by atoms with Crippen LogP contribution >= 0.6 is 0 Å². The number of halogens is 2. The molecule has 0 aliphatic heterocycles. The summed E-state index contributed by atoms with van der Waals surface area (Å²) in [5.41, 5.74) is -0.679. The lowest BCUT2D eigenvalue weighted by Crippen LogP contribution is -2.34. The molecule has 100 valence electrons. The zero-order chi connectivity index (χ0) is 13.9. The summed E-state index contributed by atoms with van der Waals surface area (Å²) in [5.74, 6) is -1.71. The first-order chi connectivity index (χ1) is 8.19. The second kappa shape index (κ2) is 5.33. The van der Waals surface area contributed by atoms with E-state index >= 15 is 0 Å². The van der Waals surface area contributed by atoms with E-state index in [2.05, 4.69) is 5.32 Å². The van der Waals surface area contributed by atoms with Gasteiger partial charge in [0, 0.05) is 0 Å². The highest BCUT2D eigenvalue weighted by Gasteiger charge is 2.22. The van der Waals surface area contributed by atoms with Crippen LogP contribution in [-0.4, -0.2) is 17.6 Å². The molecule has 1 rings (SSSR count). The van der Waals surface area contributed by atoms with Crippen molar-refractivity contribution in [3.8, 4) is 0 Å². The first kappa shape index (κ1) is 14.4. The van der Waals surface area contributed by atoms with Gasteiger partial charge in [-0.3, -0.25) is 0 Å². The first-order valence-corrected chi connectivity index (χ1v) is 5.63. The van der Waals surface area contributed by atoms with E-state index < -0.39 is 29.2 Å². The Bertz CT molecular complexity index is 441. The predicted molar refractivity (Wildman–Crippen MR) is 65.3 cm³/mol. The van der Waals surface area contributed by atoms with Gasteiger partial charge in [0.1, 0.15) is 23.3 Å². The van der Waals surface area contributed by atoms with Gasteiger partial charge in [-0.15, -0.1) is 0 Å². The third-order valence-corrected chi connectivity index (χ3v) is 2.06. The van der Waals surface area contributed by atoms with Gasteiger partial charge in [0.25, 0.3) is 0 Å². The number of ether oxygens (including phenoxy) is 1. The van der Waals surface area contributed by atoms with Crippen LogP contribution in [0.25, 0.3) is 0 Å². The average Bonchev–Trinajstić information content (AvgIpc) is 2.21. The Labute approximate surface area is 105 Å². The predicted octanol–water partition coefficient (Wildman–Crippen LogP) is 3.11. The molecule has 0 saturated carbocycles. The van der Waals surface area contributed by atoms with Crippen molar-refractivity contribution >= 4 is 11.7 Å². The molecule has 0 saturated heterocycles. The molecule has 1 atom stereocenters. The van der Waals surface area contributed by atoms with Crippen molar-refractivity contribution < 1.29 is 18.3 Å². The van der Waals surface area contributed by atoms with E-state index in [9.17, 15) is 13.6 Å². The van der Waals surface area contributed by atoms with E-state index in [0.717, 1.165) is 18.2 Å². The summed E-state index contributed by atoms with van der Waals surface area (Å²) < 4.78 is 31.4. The number of carbonyl (C=O) groups excluding carboxylic acids is 1. The summed E-state index contributed by atoms with van der Waals surface area (Å²) in [4.78, 5) is 11.7. The normalized spacial score (nSPS) is 13.0. The highest BCUT2D eigenvalue weighted by molar-refractivity contribution is 5.79. The van der Waals surface area contributed by atoms with Crippen molar-refractivity contribution in [3.63, 3.8) is 0 Å². The monoisotopic (exact) mass is 257 g/mol. The first-order valence-electron chi connectivity index (χ1n) is 5.63. The Morgan fingerprint density at radius 1 is 1.33 bits per heavy atom. The highest BCUT2D eigenvalue weighted by Crippen LogP contribution is 2.17. The molecule has 0 amide bonds. The van der Waals surface area contributed by atoms with E-state index in [1.165, 1.54) is 6.92 Å². The van der Waals surface area contributed by atoms with Crippen LogP contribution in [0.3, 0.4) is 0 Å². The summed E-state index contributed by atoms with van der Waals surface area (Å²) >= 11 is 0. The van der Waals surface area contributed by atoms with E-state index in [4.69, 9.17) is 4.74 Å². The Morgan fingerprint density at radius 3 is 2.50 bits per heavy atom. The van der Waals surface area contributed by atoms with Crippen LogP contribution < -0.4 is 5.32 Å². The molecular weight excluding hydrogens is 240 g/mol. The summed E-state index contributed by atoms with van der Waals surface area (Å²) in [5, 5.41) is 2.58. The van der Waals surface area contributed by atoms with Crippen molar-refractivity contribution in [3.05, 3.63) is 29.8 Å². The molecule has 5 heteroatoms. The van der Waals surface area contributed by atoms with Gasteiger partial charge in [-0.05, 0) is 45.9 Å². The Kier molecular flexibility index (Phi) is 4.27. The lowest BCUT2D eigenvalue weighted by atomic mass is 10.2. The van der Waals surface area contributed by atoms with Crippen LogP contribution in [0.1, 0.15) is 27.7 Å². The summed E-state index contributed by atoms with van der Waals surface area (Å²) in [6.45, 7) is 6.74. The summed E-state index contributed by atoms with van der Waals surface area (Å²) in [6, 6.07) is 2.24. The molecule has 0 spiro atoms. The van der Waals surface area contributed by atoms with E-state index in [-0.39, 0.29) is 5.69 Å². The van der Waals surface area contributed by atoms with Crippen molar-refractivity contribution in [1.82, 2.24) is 0 Å². The molecule has 0 heterocycles. The minimum absolute atomic E-state index is 0.0617. The van der Waals surface area contributed by atoms with Gasteiger partial charge in [-0.2, -0.15) is 0 Å². The molecule has 0 aliphatic rings. The second-order valence-electron chi connectivity index (χ2n) is 5.02. The maximum atomic E-state index is 13.3. The second-order valence-corrected chi connectivity index (χ2v) is 5.02. The molecule has 1 aromatic carbocycles. The van der Waals surface area contributed by atoms with Gasteiger partial charge in [-0.1, -0.05) is 0 Å². The largest absolute Gasteiger partial charge is 0.458 e. The molecule has 3 nitrogen and oxygen atoms in total. The number of rotatable bonds is 3. The van der Waals surface area contributed by atoms with Gasteiger partial charge in [0.05, 0.1) is 5.69 Å². The summed E-state index contributed by atoms with van der Waals surface area (Å²) in [7, 11) is 0. The molecule has 0 bridgehead atoms. The maximum absolute atomic E-state index is 13.3. The minimum Gasteiger partial charge on any atom is -0.458 e. The van der Waals surface area contributed by atoms with Crippen molar-refractivity contribution in [2.45, 2.75) is 39.3 Å². The van der Waals surface area contributed by atoms with Crippen LogP contribution in [0, 0.1) is 11.6 Å². The molecule has 0 aromatic heterocycles. The molecule has 0 aliphatic carbocycles. The lowest BCUT2D eigenvalue weighted by molar-refractivity contribution is -0.155. The number of carbonyl (C=O) groups is 1. The van der Waals surface area contributed by atoms with Gasteiger partial charge in [0.15, 0.2) is 0 Å². The Hall–Kier alpha value is -1.65. The van der Waals surface area contributed by atoms with Crippen LogP contribution in [0.15, 0.2) is 18.2 Å². The Balaban J connectivity index is 2.72. The standard InChI is InChI=1S/C13H17F2NO2/c1-8(12(17)18-13(2,3)4)16-11-7-9(14)5-6-10(11)15/h5-8,16H,1-4H3. The number of anilines is 1.